The Hall–Kier alpha value is -1.69. The van der Waals surface area contributed by atoms with Crippen LogP contribution in [0.15, 0.2) is 42.7 Å². The van der Waals surface area contributed by atoms with Crippen molar-refractivity contribution < 1.29 is 9.22 Å². The van der Waals surface area contributed by atoms with Gasteiger partial charge >= 0.3 is 0 Å². The summed E-state index contributed by atoms with van der Waals surface area (Å²) in [6.45, 7) is 12.5. The van der Waals surface area contributed by atoms with E-state index in [2.05, 4.69) is 55.9 Å². The van der Waals surface area contributed by atoms with Crippen LogP contribution in [0, 0.1) is 5.92 Å². The van der Waals surface area contributed by atoms with E-state index < -0.39 is 8.32 Å². The highest BCUT2D eigenvalue weighted by atomic mass is 35.5. The number of benzene rings is 1. The number of carbonyl (C=O) groups excluding carboxylic acids is 1. The second-order valence-electron chi connectivity index (χ2n) is 11.9. The number of aromatic nitrogens is 1. The van der Waals surface area contributed by atoms with Gasteiger partial charge in [0.15, 0.2) is 8.32 Å². The maximum Gasteiger partial charge on any atom is 0.226 e. The number of carbonyl (C=O) groups is 1. The Balaban J connectivity index is 1.35. The predicted molar refractivity (Wildman–Crippen MR) is 147 cm³/mol. The van der Waals surface area contributed by atoms with Gasteiger partial charge in [-0.3, -0.25) is 9.78 Å². The Morgan fingerprint density at radius 1 is 1.09 bits per heavy atom. The summed E-state index contributed by atoms with van der Waals surface area (Å²) in [5, 5.41) is 0.969. The van der Waals surface area contributed by atoms with Gasteiger partial charge in [-0.1, -0.05) is 50.6 Å². The molecule has 0 radical (unpaired) electrons. The summed E-state index contributed by atoms with van der Waals surface area (Å²) in [7, 11) is -1.75. The zero-order valence-electron chi connectivity index (χ0n) is 22.0. The Labute approximate surface area is 217 Å². The quantitative estimate of drug-likeness (QED) is 0.376. The molecule has 1 aromatic carbocycles. The van der Waals surface area contributed by atoms with Crippen molar-refractivity contribution in [1.82, 2.24) is 9.88 Å². The number of amides is 1. The summed E-state index contributed by atoms with van der Waals surface area (Å²) in [5.41, 5.74) is 3.17. The van der Waals surface area contributed by atoms with Gasteiger partial charge in [-0.05, 0) is 86.3 Å². The first-order chi connectivity index (χ1) is 16.5. The van der Waals surface area contributed by atoms with E-state index in [1.165, 1.54) is 0 Å². The minimum Gasteiger partial charge on any atom is -0.414 e. The van der Waals surface area contributed by atoms with Crippen LogP contribution in [0.25, 0.3) is 11.1 Å². The maximum atomic E-state index is 13.5. The SMILES string of the molecule is CC(C)(C)[Si](C)(C)OC1CCC(N2CCCC(Cc3ccc(-c4cccnc4)cc3Cl)C2=O)CC1. The second kappa shape index (κ2) is 10.7. The fraction of sp³-hybridized carbons (Fsp3) is 0.586. The number of hydrogen-bond acceptors (Lipinski definition) is 3. The van der Waals surface area contributed by atoms with Crippen LogP contribution in [0.5, 0.6) is 0 Å². The minimum atomic E-state index is -1.75. The standard InChI is InChI=1S/C29H41ClN2O2Si/c1-29(2,3)35(4,5)34-26-14-12-25(13-15-26)32-17-7-9-23(28(32)33)18-22-11-10-21(19-27(22)30)24-8-6-16-31-20-24/h6,8,10-11,16,19-20,23,25-26H,7,9,12-15,17-18H2,1-5H3. The lowest BCUT2D eigenvalue weighted by Gasteiger charge is -2.44. The van der Waals surface area contributed by atoms with E-state index in [-0.39, 0.29) is 11.0 Å². The Bertz CT molecular complexity index is 1010. The first-order valence-corrected chi connectivity index (χ1v) is 16.5. The first kappa shape index (κ1) is 26.4. The minimum absolute atomic E-state index is 0.0201. The van der Waals surface area contributed by atoms with Crippen LogP contribution >= 0.6 is 11.6 Å². The van der Waals surface area contributed by atoms with Crippen molar-refractivity contribution in [3.8, 4) is 11.1 Å². The molecule has 0 spiro atoms. The molecule has 4 rings (SSSR count). The highest BCUT2D eigenvalue weighted by molar-refractivity contribution is 6.74. The van der Waals surface area contributed by atoms with Crippen LogP contribution in [0.1, 0.15) is 64.9 Å². The summed E-state index contributed by atoms with van der Waals surface area (Å²) in [6, 6.07) is 10.5. The highest BCUT2D eigenvalue weighted by Gasteiger charge is 2.41. The van der Waals surface area contributed by atoms with Gasteiger partial charge in [0.1, 0.15) is 0 Å². The molecule has 2 heterocycles. The van der Waals surface area contributed by atoms with Gasteiger partial charge in [-0.25, -0.2) is 0 Å². The normalized spacial score (nSPS) is 24.0. The molecule has 1 amide bonds. The van der Waals surface area contributed by atoms with Gasteiger partial charge in [0.2, 0.25) is 5.91 Å². The zero-order chi connectivity index (χ0) is 25.2. The molecule has 190 valence electrons. The molecule has 1 aliphatic heterocycles. The van der Waals surface area contributed by atoms with Crippen molar-refractivity contribution in [3.63, 3.8) is 0 Å². The fourth-order valence-corrected chi connectivity index (χ4v) is 6.97. The van der Waals surface area contributed by atoms with E-state index in [0.29, 0.717) is 24.5 Å². The summed E-state index contributed by atoms with van der Waals surface area (Å²) in [5.74, 6) is 0.337. The number of hydrogen-bond donors (Lipinski definition) is 0. The van der Waals surface area contributed by atoms with E-state index in [1.807, 2.05) is 24.4 Å². The van der Waals surface area contributed by atoms with Crippen LogP contribution in [0.4, 0.5) is 0 Å². The lowest BCUT2D eigenvalue weighted by molar-refractivity contribution is -0.142. The molecule has 2 aliphatic rings. The van der Waals surface area contributed by atoms with Crippen molar-refractivity contribution in [3.05, 3.63) is 53.3 Å². The van der Waals surface area contributed by atoms with Gasteiger partial charge in [-0.15, -0.1) is 0 Å². The third-order valence-corrected chi connectivity index (χ3v) is 13.3. The second-order valence-corrected chi connectivity index (χ2v) is 17.1. The molecule has 2 aromatic rings. The Kier molecular flexibility index (Phi) is 8.09. The summed E-state index contributed by atoms with van der Waals surface area (Å²) in [6.07, 6.45) is 10.9. The third-order valence-electron chi connectivity index (χ3n) is 8.45. The first-order valence-electron chi connectivity index (χ1n) is 13.2. The van der Waals surface area contributed by atoms with Crippen molar-refractivity contribution in [2.45, 2.75) is 96.0 Å². The molecule has 1 aliphatic carbocycles. The topological polar surface area (TPSA) is 42.4 Å². The Morgan fingerprint density at radius 3 is 2.46 bits per heavy atom. The fourth-order valence-electron chi connectivity index (χ4n) is 5.29. The monoisotopic (exact) mass is 512 g/mol. The zero-order valence-corrected chi connectivity index (χ0v) is 23.8. The molecule has 1 saturated carbocycles. The summed E-state index contributed by atoms with van der Waals surface area (Å²) in [4.78, 5) is 19.9. The van der Waals surface area contributed by atoms with Crippen LogP contribution in [-0.2, 0) is 15.6 Å². The molecule has 1 saturated heterocycles. The number of rotatable bonds is 6. The van der Waals surface area contributed by atoms with Crippen molar-refractivity contribution in [2.24, 2.45) is 5.92 Å². The van der Waals surface area contributed by atoms with Crippen LogP contribution in [0.2, 0.25) is 23.2 Å². The summed E-state index contributed by atoms with van der Waals surface area (Å²) < 4.78 is 6.68. The average Bonchev–Trinajstić information content (AvgIpc) is 2.82. The number of likely N-dealkylation sites (tertiary alicyclic amines) is 1. The van der Waals surface area contributed by atoms with E-state index in [4.69, 9.17) is 16.0 Å². The van der Waals surface area contributed by atoms with Crippen LogP contribution in [0.3, 0.4) is 0 Å². The van der Waals surface area contributed by atoms with E-state index >= 15 is 0 Å². The number of pyridine rings is 1. The molecule has 6 heteroatoms. The average molecular weight is 513 g/mol. The Morgan fingerprint density at radius 2 is 1.83 bits per heavy atom. The van der Waals surface area contributed by atoms with E-state index in [0.717, 1.165) is 66.8 Å². The number of piperidine rings is 1. The van der Waals surface area contributed by atoms with Gasteiger partial charge in [0.25, 0.3) is 0 Å². The molecule has 35 heavy (non-hydrogen) atoms. The highest BCUT2D eigenvalue weighted by Crippen LogP contribution is 2.40. The van der Waals surface area contributed by atoms with Gasteiger partial charge < -0.3 is 9.33 Å². The largest absolute Gasteiger partial charge is 0.414 e. The molecular formula is C29H41ClN2O2Si. The molecule has 1 aromatic heterocycles. The molecular weight excluding hydrogens is 472 g/mol. The lowest BCUT2D eigenvalue weighted by atomic mass is 9.86. The van der Waals surface area contributed by atoms with Crippen molar-refractivity contribution in [2.75, 3.05) is 6.54 Å². The van der Waals surface area contributed by atoms with Crippen molar-refractivity contribution >= 4 is 25.8 Å². The van der Waals surface area contributed by atoms with Gasteiger partial charge in [0.05, 0.1) is 0 Å². The molecule has 1 atom stereocenters. The molecule has 0 bridgehead atoms. The maximum absolute atomic E-state index is 13.5. The number of nitrogens with zero attached hydrogens (tertiary/aromatic N) is 2. The molecule has 1 unspecified atom stereocenters. The summed E-state index contributed by atoms with van der Waals surface area (Å²) >= 11 is 6.68. The van der Waals surface area contributed by atoms with Gasteiger partial charge in [0, 0.05) is 47.6 Å². The lowest BCUT2D eigenvalue weighted by Crippen LogP contribution is -2.50. The molecule has 0 N–H and O–H groups in total. The van der Waals surface area contributed by atoms with Crippen molar-refractivity contribution in [1.29, 1.82) is 0 Å². The molecule has 2 fully saturated rings. The molecule has 4 nitrogen and oxygen atoms in total. The van der Waals surface area contributed by atoms with Crippen LogP contribution in [-0.4, -0.2) is 42.8 Å². The van der Waals surface area contributed by atoms with Crippen LogP contribution < -0.4 is 0 Å². The smallest absolute Gasteiger partial charge is 0.226 e. The van der Waals surface area contributed by atoms with E-state index in [9.17, 15) is 4.79 Å². The third kappa shape index (κ3) is 6.18. The number of halogens is 1. The van der Waals surface area contributed by atoms with Gasteiger partial charge in [-0.2, -0.15) is 0 Å². The predicted octanol–water partition coefficient (Wildman–Crippen LogP) is 7.52. The van der Waals surface area contributed by atoms with E-state index in [1.54, 1.807) is 6.20 Å².